The van der Waals surface area contributed by atoms with Gasteiger partial charge in [0.05, 0.1) is 16.9 Å². The summed E-state index contributed by atoms with van der Waals surface area (Å²) in [5.74, 6) is 0.0376. The molecule has 4 N–H and O–H groups in total. The van der Waals surface area contributed by atoms with Crippen LogP contribution in [0.15, 0.2) is 24.4 Å². The number of hydrazine groups is 1. The van der Waals surface area contributed by atoms with Crippen LogP contribution in [0.5, 0.6) is 0 Å². The minimum absolute atomic E-state index is 0.0345. The van der Waals surface area contributed by atoms with Crippen LogP contribution in [0.25, 0.3) is 0 Å². The first-order valence-corrected chi connectivity index (χ1v) is 5.82. The molecule has 1 aromatic heterocycles. The molecule has 21 heavy (non-hydrogen) atoms. The molecule has 1 heterocycles. The Kier molecular flexibility index (Phi) is 4.08. The molecule has 0 spiro atoms. The second-order valence-electron chi connectivity index (χ2n) is 4.19. The van der Waals surface area contributed by atoms with Gasteiger partial charge in [0.15, 0.2) is 17.5 Å². The molecule has 2 rings (SSSR count). The van der Waals surface area contributed by atoms with E-state index in [4.69, 9.17) is 5.84 Å². The zero-order chi connectivity index (χ0) is 15.6. The number of nitrogen functional groups attached to an aromatic ring is 1. The normalized spacial score (nSPS) is 10.3. The van der Waals surface area contributed by atoms with Crippen LogP contribution in [-0.2, 0) is 0 Å². The van der Waals surface area contributed by atoms with Crippen molar-refractivity contribution in [3.05, 3.63) is 53.1 Å². The number of benzene rings is 1. The first kappa shape index (κ1) is 14.8. The zero-order valence-corrected chi connectivity index (χ0v) is 10.9. The Labute approximate surface area is 118 Å². The molecule has 0 saturated heterocycles. The Bertz CT molecular complexity index is 706. The topological polar surface area (TPSA) is 80.0 Å². The summed E-state index contributed by atoms with van der Waals surface area (Å²) in [6, 6.07) is 3.14. The number of halogens is 3. The number of aromatic nitrogens is 1. The van der Waals surface area contributed by atoms with Crippen LogP contribution in [-0.4, -0.2) is 10.9 Å². The van der Waals surface area contributed by atoms with E-state index in [1.807, 2.05) is 0 Å². The lowest BCUT2D eigenvalue weighted by atomic mass is 10.2. The fourth-order valence-electron chi connectivity index (χ4n) is 1.67. The SMILES string of the molecule is Cc1cc(NN)c(C(=O)Nc2ccc(F)c(F)c2F)cn1. The lowest BCUT2D eigenvalue weighted by molar-refractivity contribution is 0.102. The maximum Gasteiger partial charge on any atom is 0.259 e. The maximum atomic E-state index is 13.5. The fourth-order valence-corrected chi connectivity index (χ4v) is 1.67. The predicted octanol–water partition coefficient (Wildman–Crippen LogP) is 2.35. The number of aryl methyl sites for hydroxylation is 1. The molecule has 0 aliphatic heterocycles. The van der Waals surface area contributed by atoms with Gasteiger partial charge in [-0.05, 0) is 25.1 Å². The van der Waals surface area contributed by atoms with Gasteiger partial charge in [-0.1, -0.05) is 0 Å². The number of hydrogen-bond acceptors (Lipinski definition) is 4. The van der Waals surface area contributed by atoms with Crippen LogP contribution in [0, 0.1) is 24.4 Å². The third-order valence-corrected chi connectivity index (χ3v) is 2.72. The summed E-state index contributed by atoms with van der Waals surface area (Å²) in [6.07, 6.45) is 1.23. The highest BCUT2D eigenvalue weighted by Gasteiger charge is 2.18. The molecule has 110 valence electrons. The first-order valence-electron chi connectivity index (χ1n) is 5.82. The van der Waals surface area contributed by atoms with Crippen LogP contribution in [0.3, 0.4) is 0 Å². The number of hydrogen-bond donors (Lipinski definition) is 3. The second-order valence-corrected chi connectivity index (χ2v) is 4.19. The Balaban J connectivity index is 2.33. The van der Waals surface area contributed by atoms with E-state index >= 15 is 0 Å². The Morgan fingerprint density at radius 3 is 2.57 bits per heavy atom. The summed E-state index contributed by atoms with van der Waals surface area (Å²) in [4.78, 5) is 15.9. The molecule has 1 amide bonds. The van der Waals surface area contributed by atoms with Crippen molar-refractivity contribution in [1.82, 2.24) is 4.98 Å². The fraction of sp³-hybridized carbons (Fsp3) is 0.0769. The highest BCUT2D eigenvalue weighted by Crippen LogP contribution is 2.22. The minimum Gasteiger partial charge on any atom is -0.323 e. The van der Waals surface area contributed by atoms with Gasteiger partial charge in [-0.15, -0.1) is 0 Å². The van der Waals surface area contributed by atoms with Crippen LogP contribution >= 0.6 is 0 Å². The van der Waals surface area contributed by atoms with Gasteiger partial charge in [-0.2, -0.15) is 0 Å². The number of rotatable bonds is 3. The van der Waals surface area contributed by atoms with Crippen molar-refractivity contribution in [1.29, 1.82) is 0 Å². The van der Waals surface area contributed by atoms with Gasteiger partial charge in [0.25, 0.3) is 5.91 Å². The molecule has 0 saturated carbocycles. The van der Waals surface area contributed by atoms with Gasteiger partial charge < -0.3 is 10.7 Å². The quantitative estimate of drug-likeness (QED) is 0.461. The van der Waals surface area contributed by atoms with Gasteiger partial charge in [-0.25, -0.2) is 13.2 Å². The van der Waals surface area contributed by atoms with Crippen LogP contribution in [0.4, 0.5) is 24.5 Å². The van der Waals surface area contributed by atoms with Gasteiger partial charge in [0.2, 0.25) is 0 Å². The third kappa shape index (κ3) is 2.95. The summed E-state index contributed by atoms with van der Waals surface area (Å²) in [5.41, 5.74) is 2.74. The van der Waals surface area contributed by atoms with E-state index < -0.39 is 29.0 Å². The highest BCUT2D eigenvalue weighted by atomic mass is 19.2. The van der Waals surface area contributed by atoms with Crippen molar-refractivity contribution in [2.75, 3.05) is 10.7 Å². The molecule has 2 aromatic rings. The van der Waals surface area contributed by atoms with E-state index in [0.717, 1.165) is 6.07 Å². The van der Waals surface area contributed by atoms with E-state index in [0.29, 0.717) is 11.8 Å². The number of carbonyl (C=O) groups excluding carboxylic acids is 1. The molecule has 5 nitrogen and oxygen atoms in total. The minimum atomic E-state index is -1.66. The Morgan fingerprint density at radius 2 is 1.90 bits per heavy atom. The molecule has 0 unspecified atom stereocenters. The van der Waals surface area contributed by atoms with Gasteiger partial charge in [0.1, 0.15) is 0 Å². The summed E-state index contributed by atoms with van der Waals surface area (Å²) < 4.78 is 39.4. The lowest BCUT2D eigenvalue weighted by Gasteiger charge is -2.11. The number of pyridine rings is 1. The number of carbonyl (C=O) groups is 1. The van der Waals surface area contributed by atoms with Crippen molar-refractivity contribution < 1.29 is 18.0 Å². The van der Waals surface area contributed by atoms with Crippen LogP contribution in [0.2, 0.25) is 0 Å². The largest absolute Gasteiger partial charge is 0.323 e. The van der Waals surface area contributed by atoms with Crippen molar-refractivity contribution in [3.8, 4) is 0 Å². The first-order chi connectivity index (χ1) is 9.93. The molecule has 0 aliphatic rings. The van der Waals surface area contributed by atoms with E-state index in [1.54, 1.807) is 6.92 Å². The number of nitrogens with zero attached hydrogens (tertiary/aromatic N) is 1. The number of anilines is 2. The summed E-state index contributed by atoms with van der Waals surface area (Å²) in [7, 11) is 0. The molecule has 1 aromatic carbocycles. The molecule has 8 heteroatoms. The second kappa shape index (κ2) is 5.80. The number of nitrogens with one attached hydrogen (secondary N) is 2. The molecule has 0 fully saturated rings. The number of amides is 1. The van der Waals surface area contributed by atoms with Crippen LogP contribution < -0.4 is 16.6 Å². The zero-order valence-electron chi connectivity index (χ0n) is 10.9. The molecule has 0 radical (unpaired) electrons. The van der Waals surface area contributed by atoms with E-state index in [1.165, 1.54) is 12.3 Å². The van der Waals surface area contributed by atoms with Crippen LogP contribution in [0.1, 0.15) is 16.1 Å². The third-order valence-electron chi connectivity index (χ3n) is 2.72. The van der Waals surface area contributed by atoms with Crippen molar-refractivity contribution in [2.45, 2.75) is 6.92 Å². The summed E-state index contributed by atoms with van der Waals surface area (Å²) in [6.45, 7) is 1.69. The van der Waals surface area contributed by atoms with Gasteiger partial charge >= 0.3 is 0 Å². The smallest absolute Gasteiger partial charge is 0.259 e. The molecular formula is C13H11F3N4O. The van der Waals surface area contributed by atoms with E-state index in [-0.39, 0.29) is 11.3 Å². The van der Waals surface area contributed by atoms with Crippen molar-refractivity contribution in [2.24, 2.45) is 5.84 Å². The highest BCUT2D eigenvalue weighted by molar-refractivity contribution is 6.07. The average Bonchev–Trinajstić information content (AvgIpc) is 2.47. The maximum absolute atomic E-state index is 13.5. The van der Waals surface area contributed by atoms with Crippen molar-refractivity contribution in [3.63, 3.8) is 0 Å². The molecule has 0 atom stereocenters. The Hall–Kier alpha value is -2.61. The summed E-state index contributed by atoms with van der Waals surface area (Å²) in [5, 5.41) is 2.13. The standard InChI is InChI=1S/C13H11F3N4O/c1-6-4-10(20-17)7(5-18-6)13(21)19-9-3-2-8(14)11(15)12(9)16/h2-5H,17H2,1H3,(H,18,20)(H,19,21). The Morgan fingerprint density at radius 1 is 1.19 bits per heavy atom. The monoisotopic (exact) mass is 296 g/mol. The average molecular weight is 296 g/mol. The van der Waals surface area contributed by atoms with E-state index in [2.05, 4.69) is 15.7 Å². The molecule has 0 aliphatic carbocycles. The van der Waals surface area contributed by atoms with Gasteiger partial charge in [-0.3, -0.25) is 15.6 Å². The van der Waals surface area contributed by atoms with Gasteiger partial charge in [0, 0.05) is 11.9 Å². The summed E-state index contributed by atoms with van der Waals surface area (Å²) >= 11 is 0. The number of nitrogens with two attached hydrogens (primary N) is 1. The molecular weight excluding hydrogens is 285 g/mol. The lowest BCUT2D eigenvalue weighted by Crippen LogP contribution is -2.18. The van der Waals surface area contributed by atoms with Crippen molar-refractivity contribution >= 4 is 17.3 Å². The molecule has 0 bridgehead atoms. The predicted molar refractivity (Wildman–Crippen MR) is 71.1 cm³/mol. The van der Waals surface area contributed by atoms with E-state index in [9.17, 15) is 18.0 Å².